The van der Waals surface area contributed by atoms with Crippen LogP contribution in [0.2, 0.25) is 0 Å². The topological polar surface area (TPSA) is 48.0 Å². The highest BCUT2D eigenvalue weighted by atomic mass is 32.2. The molecule has 114 valence electrons. The molecule has 0 saturated heterocycles. The van der Waals surface area contributed by atoms with Gasteiger partial charge in [-0.3, -0.25) is 9.69 Å². The third-order valence-electron chi connectivity index (χ3n) is 2.71. The Morgan fingerprint density at radius 2 is 1.68 bits per heavy atom. The largest absolute Gasteiger partial charge is 0.463 e. The molecule has 0 atom stereocenters. The lowest BCUT2D eigenvalue weighted by Gasteiger charge is -2.24. The SMILES string of the molecule is COCCN(CCOC)CC(=O)OCC(C)(C)SC. The standard InChI is InChI=1S/C13H27NO4S/c1-13(2,19-5)11-18-12(15)10-14(6-8-16-3)7-9-17-4/h6-11H2,1-5H3. The summed E-state index contributed by atoms with van der Waals surface area (Å²) in [5.41, 5.74) is 0. The number of thioether (sulfide) groups is 1. The lowest BCUT2D eigenvalue weighted by atomic mass is 10.2. The van der Waals surface area contributed by atoms with E-state index in [2.05, 4.69) is 13.8 Å². The minimum absolute atomic E-state index is 0.0421. The van der Waals surface area contributed by atoms with Crippen LogP contribution in [0.4, 0.5) is 0 Å². The lowest BCUT2D eigenvalue weighted by Crippen LogP contribution is -2.37. The molecule has 0 aromatic carbocycles. The van der Waals surface area contributed by atoms with Crippen molar-refractivity contribution in [2.75, 3.05) is 59.9 Å². The molecule has 0 aliphatic heterocycles. The van der Waals surface area contributed by atoms with E-state index in [1.165, 1.54) is 0 Å². The minimum atomic E-state index is -0.200. The normalized spacial score (nSPS) is 11.9. The van der Waals surface area contributed by atoms with E-state index in [4.69, 9.17) is 14.2 Å². The summed E-state index contributed by atoms with van der Waals surface area (Å²) in [5.74, 6) is -0.200. The summed E-state index contributed by atoms with van der Waals surface area (Å²) in [6.45, 7) is 7.38. The number of esters is 1. The van der Waals surface area contributed by atoms with E-state index in [9.17, 15) is 4.79 Å². The van der Waals surface area contributed by atoms with Crippen LogP contribution in [0.15, 0.2) is 0 Å². The lowest BCUT2D eigenvalue weighted by molar-refractivity contribution is -0.145. The van der Waals surface area contributed by atoms with Gasteiger partial charge in [-0.25, -0.2) is 0 Å². The number of methoxy groups -OCH3 is 2. The average Bonchev–Trinajstić information content (AvgIpc) is 2.39. The van der Waals surface area contributed by atoms with Gasteiger partial charge in [0.25, 0.3) is 0 Å². The molecule has 0 spiro atoms. The maximum atomic E-state index is 11.8. The van der Waals surface area contributed by atoms with Crippen molar-refractivity contribution in [3.05, 3.63) is 0 Å². The van der Waals surface area contributed by atoms with Crippen LogP contribution in [0.1, 0.15) is 13.8 Å². The van der Waals surface area contributed by atoms with Crippen LogP contribution < -0.4 is 0 Å². The maximum absolute atomic E-state index is 11.8. The zero-order valence-electron chi connectivity index (χ0n) is 12.7. The van der Waals surface area contributed by atoms with Gasteiger partial charge in [-0.05, 0) is 20.1 Å². The highest BCUT2D eigenvalue weighted by molar-refractivity contribution is 7.99. The van der Waals surface area contributed by atoms with Gasteiger partial charge in [0.15, 0.2) is 0 Å². The fourth-order valence-corrected chi connectivity index (χ4v) is 1.43. The van der Waals surface area contributed by atoms with Crippen molar-refractivity contribution in [1.82, 2.24) is 4.90 Å². The minimum Gasteiger partial charge on any atom is -0.463 e. The van der Waals surface area contributed by atoms with Gasteiger partial charge in [0.05, 0.1) is 19.8 Å². The highest BCUT2D eigenvalue weighted by Gasteiger charge is 2.19. The van der Waals surface area contributed by atoms with Gasteiger partial charge in [-0.2, -0.15) is 11.8 Å². The van der Waals surface area contributed by atoms with Crippen LogP contribution >= 0.6 is 11.8 Å². The zero-order chi connectivity index (χ0) is 14.7. The molecule has 0 aliphatic rings. The summed E-state index contributed by atoms with van der Waals surface area (Å²) in [7, 11) is 3.29. The van der Waals surface area contributed by atoms with Gasteiger partial charge >= 0.3 is 5.97 Å². The van der Waals surface area contributed by atoms with Crippen LogP contribution in [0.5, 0.6) is 0 Å². The smallest absolute Gasteiger partial charge is 0.320 e. The predicted octanol–water partition coefficient (Wildman–Crippen LogP) is 1.27. The molecule has 0 amide bonds. The number of carbonyl (C=O) groups is 1. The number of hydrogen-bond donors (Lipinski definition) is 0. The quantitative estimate of drug-likeness (QED) is 0.535. The summed E-state index contributed by atoms with van der Waals surface area (Å²) in [6, 6.07) is 0. The molecule has 0 aromatic heterocycles. The average molecular weight is 293 g/mol. The molecule has 0 rings (SSSR count). The van der Waals surface area contributed by atoms with Crippen molar-refractivity contribution in [3.8, 4) is 0 Å². The second kappa shape index (κ2) is 10.5. The molecule has 0 N–H and O–H groups in total. The molecule has 0 aromatic rings. The van der Waals surface area contributed by atoms with Gasteiger partial charge in [0.2, 0.25) is 0 Å². The molecular weight excluding hydrogens is 266 g/mol. The Kier molecular flexibility index (Phi) is 10.3. The third-order valence-corrected chi connectivity index (χ3v) is 3.93. The van der Waals surface area contributed by atoms with E-state index in [0.29, 0.717) is 32.9 Å². The molecule has 0 aliphatic carbocycles. The molecule has 0 fully saturated rings. The fourth-order valence-electron chi connectivity index (χ4n) is 1.25. The van der Waals surface area contributed by atoms with Crippen LogP contribution in [0, 0.1) is 0 Å². The van der Waals surface area contributed by atoms with Crippen molar-refractivity contribution in [2.24, 2.45) is 0 Å². The maximum Gasteiger partial charge on any atom is 0.320 e. The Morgan fingerprint density at radius 1 is 1.16 bits per heavy atom. The molecule has 0 bridgehead atoms. The zero-order valence-corrected chi connectivity index (χ0v) is 13.5. The van der Waals surface area contributed by atoms with Gasteiger partial charge in [-0.15, -0.1) is 0 Å². The summed E-state index contributed by atoms with van der Waals surface area (Å²) < 4.78 is 15.3. The first-order valence-corrected chi connectivity index (χ1v) is 7.58. The van der Waals surface area contributed by atoms with Crippen LogP contribution in [-0.2, 0) is 19.0 Å². The summed E-state index contributed by atoms with van der Waals surface area (Å²) in [4.78, 5) is 13.8. The van der Waals surface area contributed by atoms with Crippen molar-refractivity contribution in [1.29, 1.82) is 0 Å². The molecule has 0 heterocycles. The number of rotatable bonds is 11. The van der Waals surface area contributed by atoms with E-state index in [1.54, 1.807) is 26.0 Å². The monoisotopic (exact) mass is 293 g/mol. The van der Waals surface area contributed by atoms with E-state index in [1.807, 2.05) is 11.2 Å². The van der Waals surface area contributed by atoms with E-state index < -0.39 is 0 Å². The van der Waals surface area contributed by atoms with Crippen molar-refractivity contribution < 1.29 is 19.0 Å². The van der Waals surface area contributed by atoms with Gasteiger partial charge in [0.1, 0.15) is 6.61 Å². The van der Waals surface area contributed by atoms with Crippen LogP contribution in [0.25, 0.3) is 0 Å². The number of nitrogens with zero attached hydrogens (tertiary/aromatic N) is 1. The Balaban J connectivity index is 4.07. The van der Waals surface area contributed by atoms with E-state index in [-0.39, 0.29) is 17.3 Å². The fraction of sp³-hybridized carbons (Fsp3) is 0.923. The molecule has 0 unspecified atom stereocenters. The second-order valence-corrected chi connectivity index (χ2v) is 6.40. The van der Waals surface area contributed by atoms with Crippen molar-refractivity contribution in [3.63, 3.8) is 0 Å². The van der Waals surface area contributed by atoms with E-state index >= 15 is 0 Å². The molecule has 6 heteroatoms. The summed E-state index contributed by atoms with van der Waals surface area (Å²) in [6.07, 6.45) is 2.01. The number of hydrogen-bond acceptors (Lipinski definition) is 6. The molecule has 5 nitrogen and oxygen atoms in total. The molecule has 0 saturated carbocycles. The molecule has 19 heavy (non-hydrogen) atoms. The number of ether oxygens (including phenoxy) is 3. The Bertz CT molecular complexity index is 241. The first-order valence-electron chi connectivity index (χ1n) is 6.36. The second-order valence-electron chi connectivity index (χ2n) is 4.89. The highest BCUT2D eigenvalue weighted by Crippen LogP contribution is 2.21. The van der Waals surface area contributed by atoms with E-state index in [0.717, 1.165) is 0 Å². The third kappa shape index (κ3) is 10.2. The van der Waals surface area contributed by atoms with Crippen LogP contribution in [-0.4, -0.2) is 75.5 Å². The van der Waals surface area contributed by atoms with Crippen LogP contribution in [0.3, 0.4) is 0 Å². The molecule has 0 radical (unpaired) electrons. The Labute approximate surface area is 121 Å². The molecular formula is C13H27NO4S. The first kappa shape index (κ1) is 18.7. The predicted molar refractivity (Wildman–Crippen MR) is 78.7 cm³/mol. The van der Waals surface area contributed by atoms with Crippen molar-refractivity contribution >= 4 is 17.7 Å². The summed E-state index contributed by atoms with van der Waals surface area (Å²) in [5, 5.41) is 0. The number of carbonyl (C=O) groups excluding carboxylic acids is 1. The van der Waals surface area contributed by atoms with Crippen molar-refractivity contribution in [2.45, 2.75) is 18.6 Å². The summed E-state index contributed by atoms with van der Waals surface area (Å²) >= 11 is 1.68. The van der Waals surface area contributed by atoms with Gasteiger partial charge in [0, 0.05) is 32.1 Å². The first-order chi connectivity index (χ1) is 8.95. The Hall–Kier alpha value is -0.300. The Morgan fingerprint density at radius 3 is 2.11 bits per heavy atom. The van der Waals surface area contributed by atoms with Gasteiger partial charge in [-0.1, -0.05) is 0 Å². The van der Waals surface area contributed by atoms with Gasteiger partial charge < -0.3 is 14.2 Å².